The van der Waals surface area contributed by atoms with Crippen molar-refractivity contribution < 1.29 is 37.3 Å². The van der Waals surface area contributed by atoms with Crippen molar-refractivity contribution >= 4 is 5.91 Å². The van der Waals surface area contributed by atoms with Crippen LogP contribution in [0.5, 0.6) is 5.75 Å². The van der Waals surface area contributed by atoms with Crippen LogP contribution in [-0.4, -0.2) is 46.1 Å². The maximum atomic E-state index is 13.7. The van der Waals surface area contributed by atoms with E-state index in [2.05, 4.69) is 0 Å². The molecule has 2 aromatic carbocycles. The van der Waals surface area contributed by atoms with Gasteiger partial charge in [-0.15, -0.1) is 0 Å². The van der Waals surface area contributed by atoms with Crippen molar-refractivity contribution in [1.82, 2.24) is 9.13 Å². The number of halogens is 3. The molecule has 0 spiro atoms. The molecule has 3 atom stereocenters. The van der Waals surface area contributed by atoms with Crippen molar-refractivity contribution in [1.29, 1.82) is 0 Å². The molecule has 0 bridgehead atoms. The van der Waals surface area contributed by atoms with Crippen LogP contribution in [0.1, 0.15) is 34.1 Å². The predicted molar refractivity (Wildman–Crippen MR) is 123 cm³/mol. The van der Waals surface area contributed by atoms with Crippen LogP contribution in [0.15, 0.2) is 70.4 Å². The number of aromatic nitrogens is 2. The van der Waals surface area contributed by atoms with Gasteiger partial charge in [0.05, 0.1) is 26.4 Å². The van der Waals surface area contributed by atoms with E-state index >= 15 is 0 Å². The van der Waals surface area contributed by atoms with Gasteiger partial charge in [0.2, 0.25) is 0 Å². The van der Waals surface area contributed by atoms with Gasteiger partial charge in [0.15, 0.2) is 0 Å². The van der Waals surface area contributed by atoms with E-state index in [0.29, 0.717) is 16.5 Å². The molecular weight excluding hydrogens is 497 g/mol. The number of hydrogen-bond acceptors (Lipinski definition) is 7. The number of aliphatic hydroxyl groups excluding tert-OH is 1. The van der Waals surface area contributed by atoms with Crippen molar-refractivity contribution in [2.75, 3.05) is 13.7 Å². The Morgan fingerprint density at radius 2 is 1.78 bits per heavy atom. The number of benzene rings is 2. The first-order valence-electron chi connectivity index (χ1n) is 11.2. The molecule has 12 heteroatoms. The minimum absolute atomic E-state index is 0.0681. The number of hydrogen-bond donors (Lipinski definition) is 1. The Hall–Kier alpha value is -3.74. The zero-order chi connectivity index (χ0) is 26.7. The summed E-state index contributed by atoms with van der Waals surface area (Å²) in [7, 11) is 1.54. The van der Waals surface area contributed by atoms with E-state index in [1.807, 2.05) is 0 Å². The summed E-state index contributed by atoms with van der Waals surface area (Å²) in [6.45, 7) is 0.0447. The molecule has 0 radical (unpaired) electrons. The SMILES string of the molecule is COc1ccc(COC[C@@H]2O[C@H](n3cc(C(F)(F)F)c(=O)n(C(=O)c4ccccc4)c3=O)CC2O)cc1. The van der Waals surface area contributed by atoms with Crippen molar-refractivity contribution in [2.24, 2.45) is 0 Å². The number of methoxy groups -OCH3 is 1. The highest BCUT2D eigenvalue weighted by Crippen LogP contribution is 2.31. The Morgan fingerprint density at radius 1 is 1.11 bits per heavy atom. The first-order valence-corrected chi connectivity index (χ1v) is 11.2. The summed E-state index contributed by atoms with van der Waals surface area (Å²) >= 11 is 0. The van der Waals surface area contributed by atoms with Gasteiger partial charge < -0.3 is 19.3 Å². The lowest BCUT2D eigenvalue weighted by atomic mass is 10.2. The van der Waals surface area contributed by atoms with E-state index in [1.165, 1.54) is 31.4 Å². The molecule has 1 unspecified atom stereocenters. The van der Waals surface area contributed by atoms with E-state index in [-0.39, 0.29) is 29.8 Å². The molecule has 37 heavy (non-hydrogen) atoms. The summed E-state index contributed by atoms with van der Waals surface area (Å²) in [4.78, 5) is 38.5. The summed E-state index contributed by atoms with van der Waals surface area (Å²) in [6.07, 6.45) is -8.60. The standard InChI is InChI=1S/C25H23F3N2O7/c1-35-17-9-7-15(8-10-17)13-36-14-20-19(31)11-21(37-20)29-12-18(25(26,27)28)23(33)30(24(29)34)22(32)16-5-3-2-4-6-16/h2-10,12,19-21,31H,11,13-14H2,1H3/t19?,20-,21-/m0/s1. The van der Waals surface area contributed by atoms with Crippen LogP contribution >= 0.6 is 0 Å². The molecular formula is C25H23F3N2O7. The van der Waals surface area contributed by atoms with Crippen LogP contribution in [0.25, 0.3) is 0 Å². The lowest BCUT2D eigenvalue weighted by Crippen LogP contribution is -2.47. The molecule has 1 aromatic heterocycles. The Balaban J connectivity index is 1.58. The number of rotatable bonds is 7. The molecule has 2 heterocycles. The lowest BCUT2D eigenvalue weighted by Gasteiger charge is -2.19. The number of aliphatic hydroxyl groups is 1. The highest BCUT2D eigenvalue weighted by atomic mass is 19.4. The second-order valence-corrected chi connectivity index (χ2v) is 8.34. The normalized spacial score (nSPS) is 19.6. The fourth-order valence-corrected chi connectivity index (χ4v) is 3.91. The number of ether oxygens (including phenoxy) is 3. The van der Waals surface area contributed by atoms with Crippen molar-refractivity contribution in [3.63, 3.8) is 0 Å². The first-order chi connectivity index (χ1) is 17.6. The third-order valence-corrected chi connectivity index (χ3v) is 5.87. The van der Waals surface area contributed by atoms with Crippen LogP contribution in [-0.2, 0) is 22.3 Å². The van der Waals surface area contributed by atoms with Gasteiger partial charge in [-0.3, -0.25) is 14.2 Å². The molecule has 1 saturated heterocycles. The monoisotopic (exact) mass is 520 g/mol. The van der Waals surface area contributed by atoms with Crippen LogP contribution < -0.4 is 16.0 Å². The number of nitrogens with zero attached hydrogens (tertiary/aromatic N) is 2. The topological polar surface area (TPSA) is 109 Å². The van der Waals surface area contributed by atoms with Gasteiger partial charge in [0.25, 0.3) is 11.5 Å². The van der Waals surface area contributed by atoms with Crippen LogP contribution in [0.2, 0.25) is 0 Å². The van der Waals surface area contributed by atoms with Crippen molar-refractivity contribution in [3.05, 3.63) is 98.3 Å². The van der Waals surface area contributed by atoms with Crippen molar-refractivity contribution in [2.45, 2.75) is 37.6 Å². The Morgan fingerprint density at radius 3 is 2.41 bits per heavy atom. The Bertz CT molecular complexity index is 1370. The molecule has 1 N–H and O–H groups in total. The van der Waals surface area contributed by atoms with E-state index in [1.54, 1.807) is 30.3 Å². The van der Waals surface area contributed by atoms with Gasteiger partial charge in [-0.05, 0) is 29.8 Å². The lowest BCUT2D eigenvalue weighted by molar-refractivity contribution is -0.140. The van der Waals surface area contributed by atoms with Gasteiger partial charge in [-0.1, -0.05) is 30.3 Å². The van der Waals surface area contributed by atoms with Crippen molar-refractivity contribution in [3.8, 4) is 5.75 Å². The quantitative estimate of drug-likeness (QED) is 0.510. The minimum Gasteiger partial charge on any atom is -0.497 e. The summed E-state index contributed by atoms with van der Waals surface area (Å²) in [5.74, 6) is -0.551. The molecule has 9 nitrogen and oxygen atoms in total. The van der Waals surface area contributed by atoms with Gasteiger partial charge in [-0.2, -0.15) is 17.7 Å². The third kappa shape index (κ3) is 5.66. The second kappa shape index (κ2) is 10.7. The highest BCUT2D eigenvalue weighted by Gasteiger charge is 2.41. The minimum atomic E-state index is -5.15. The van der Waals surface area contributed by atoms with Gasteiger partial charge in [-0.25, -0.2) is 4.79 Å². The molecule has 1 aliphatic heterocycles. The predicted octanol–water partition coefficient (Wildman–Crippen LogP) is 2.59. The van der Waals surface area contributed by atoms with Gasteiger partial charge >= 0.3 is 11.9 Å². The zero-order valence-electron chi connectivity index (χ0n) is 19.6. The first kappa shape index (κ1) is 26.3. The smallest absolute Gasteiger partial charge is 0.423 e. The molecule has 1 aliphatic rings. The summed E-state index contributed by atoms with van der Waals surface area (Å²) in [5, 5.41) is 10.4. The number of alkyl halides is 3. The average Bonchev–Trinajstić information content (AvgIpc) is 3.24. The molecule has 0 saturated carbocycles. The van der Waals surface area contributed by atoms with E-state index in [9.17, 15) is 32.7 Å². The number of carbonyl (C=O) groups excluding carboxylic acids is 1. The van der Waals surface area contributed by atoms with Crippen LogP contribution in [0.4, 0.5) is 13.2 Å². The molecule has 196 valence electrons. The molecule has 3 aromatic rings. The zero-order valence-corrected chi connectivity index (χ0v) is 19.6. The maximum absolute atomic E-state index is 13.7. The highest BCUT2D eigenvalue weighted by molar-refractivity contribution is 5.95. The Labute approximate surface area is 208 Å². The third-order valence-electron chi connectivity index (χ3n) is 5.87. The van der Waals surface area contributed by atoms with E-state index in [0.717, 1.165) is 5.56 Å². The van der Waals surface area contributed by atoms with Gasteiger partial charge in [0.1, 0.15) is 23.6 Å². The molecule has 0 aliphatic carbocycles. The summed E-state index contributed by atoms with van der Waals surface area (Å²) in [6, 6.07) is 14.0. The van der Waals surface area contributed by atoms with Crippen LogP contribution in [0.3, 0.4) is 0 Å². The van der Waals surface area contributed by atoms with Gasteiger partial charge in [0, 0.05) is 18.2 Å². The van der Waals surface area contributed by atoms with E-state index < -0.39 is 47.3 Å². The largest absolute Gasteiger partial charge is 0.497 e. The second-order valence-electron chi connectivity index (χ2n) is 8.34. The average molecular weight is 520 g/mol. The molecule has 0 amide bonds. The Kier molecular flexibility index (Phi) is 7.62. The number of carbonyl (C=O) groups is 1. The van der Waals surface area contributed by atoms with Crippen LogP contribution in [0, 0.1) is 0 Å². The maximum Gasteiger partial charge on any atom is 0.423 e. The molecule has 4 rings (SSSR count). The summed E-state index contributed by atoms with van der Waals surface area (Å²) < 4.78 is 57.7. The molecule has 1 fully saturated rings. The van der Waals surface area contributed by atoms with E-state index in [4.69, 9.17) is 14.2 Å². The fraction of sp³-hybridized carbons (Fsp3) is 0.320. The summed E-state index contributed by atoms with van der Waals surface area (Å²) in [5.41, 5.74) is -4.16. The fourth-order valence-electron chi connectivity index (χ4n) is 3.91.